The molecule has 2 aliphatic rings. The molecule has 0 saturated carbocycles. The summed E-state index contributed by atoms with van der Waals surface area (Å²) in [4.78, 5) is 21.5. The lowest BCUT2D eigenvalue weighted by Crippen LogP contribution is -2.58. The zero-order valence-electron chi connectivity index (χ0n) is 19.9. The van der Waals surface area contributed by atoms with Crippen molar-refractivity contribution in [2.45, 2.75) is 45.0 Å². The van der Waals surface area contributed by atoms with E-state index in [1.165, 1.54) is 18.5 Å². The first kappa shape index (κ1) is 23.8. The molecule has 2 saturated heterocycles. The van der Waals surface area contributed by atoms with Crippen LogP contribution in [0.25, 0.3) is 22.2 Å². The number of nitrogens with one attached hydrogen (secondary N) is 2. The second kappa shape index (κ2) is 8.64. The van der Waals surface area contributed by atoms with Crippen LogP contribution in [0.1, 0.15) is 31.4 Å². The number of hydrogen-bond acceptors (Lipinski definition) is 4. The minimum atomic E-state index is -1.51. The summed E-state index contributed by atoms with van der Waals surface area (Å²) < 4.78 is 43.7. The van der Waals surface area contributed by atoms with Crippen molar-refractivity contribution in [2.24, 2.45) is 11.8 Å². The van der Waals surface area contributed by atoms with Gasteiger partial charge in [0, 0.05) is 55.8 Å². The maximum Gasteiger partial charge on any atom is 0.239 e. The molecule has 2 aromatic heterocycles. The van der Waals surface area contributed by atoms with E-state index in [0.717, 1.165) is 0 Å². The summed E-state index contributed by atoms with van der Waals surface area (Å²) in [7, 11) is 0. The molecule has 5 atom stereocenters. The predicted octanol–water partition coefficient (Wildman–Crippen LogP) is 3.82. The van der Waals surface area contributed by atoms with E-state index in [9.17, 15) is 18.7 Å². The maximum absolute atomic E-state index is 15.7. The Morgan fingerprint density at radius 2 is 1.91 bits per heavy atom. The monoisotopic (exact) mass is 486 g/mol. The highest BCUT2D eigenvalue weighted by molar-refractivity contribution is 5.93. The number of halogens is 3. The first-order chi connectivity index (χ1) is 16.6. The van der Waals surface area contributed by atoms with E-state index in [-0.39, 0.29) is 42.9 Å². The molecular weight excluding hydrogens is 457 g/mol. The molecule has 0 aliphatic carbocycles. The van der Waals surface area contributed by atoms with Crippen LogP contribution in [-0.4, -0.2) is 57.7 Å². The van der Waals surface area contributed by atoms with Crippen LogP contribution in [0.4, 0.5) is 13.2 Å². The molecule has 1 amide bonds. The Balaban J connectivity index is 1.48. The number of amides is 1. The van der Waals surface area contributed by atoms with Crippen LogP contribution in [0.2, 0.25) is 0 Å². The van der Waals surface area contributed by atoms with Gasteiger partial charge in [-0.2, -0.15) is 0 Å². The fourth-order valence-corrected chi connectivity index (χ4v) is 5.94. The van der Waals surface area contributed by atoms with Crippen LogP contribution in [0, 0.1) is 30.4 Å². The molecule has 0 spiro atoms. The lowest BCUT2D eigenvalue weighted by atomic mass is 9.69. The molecule has 0 unspecified atom stereocenters. The summed E-state index contributed by atoms with van der Waals surface area (Å²) >= 11 is 0. The summed E-state index contributed by atoms with van der Waals surface area (Å²) in [6, 6.07) is 4.14. The highest BCUT2D eigenvalue weighted by Gasteiger charge is 2.49. The van der Waals surface area contributed by atoms with Gasteiger partial charge in [0.1, 0.15) is 23.2 Å². The number of pyridine rings is 1. The molecule has 3 N–H and O–H groups in total. The van der Waals surface area contributed by atoms with Crippen LogP contribution in [0.3, 0.4) is 0 Å². The van der Waals surface area contributed by atoms with E-state index in [2.05, 4.69) is 15.3 Å². The number of benzene rings is 1. The number of fused-ring (bicyclic) bond motifs is 1. The Kier molecular flexibility index (Phi) is 5.88. The van der Waals surface area contributed by atoms with Gasteiger partial charge in [-0.3, -0.25) is 4.79 Å². The SMILES string of the molecule is Cc1cc(-c2ccnc3[nH]cc(F)c23)cc(F)c1[C@@]1(O)[C@H](C)CN(C(=O)[C@@H]2C[C@H](F)CN2)C[C@@H]1C. The molecule has 0 bridgehead atoms. The second-order valence-electron chi connectivity index (χ2n) is 10.0. The van der Waals surface area contributed by atoms with Gasteiger partial charge in [0.15, 0.2) is 5.82 Å². The molecule has 4 heterocycles. The van der Waals surface area contributed by atoms with Crippen molar-refractivity contribution in [3.8, 4) is 11.1 Å². The van der Waals surface area contributed by atoms with Gasteiger partial charge in [0.25, 0.3) is 0 Å². The average Bonchev–Trinajstić information content (AvgIpc) is 3.42. The van der Waals surface area contributed by atoms with Crippen molar-refractivity contribution >= 4 is 16.9 Å². The molecule has 2 aliphatic heterocycles. The Bertz CT molecular complexity index is 1260. The normalized spacial score (nSPS) is 29.2. The third kappa shape index (κ3) is 3.81. The van der Waals surface area contributed by atoms with Gasteiger partial charge in [-0.05, 0) is 35.7 Å². The molecule has 5 rings (SSSR count). The first-order valence-corrected chi connectivity index (χ1v) is 11.9. The molecule has 1 aromatic carbocycles. The number of carbonyl (C=O) groups excluding carboxylic acids is 1. The van der Waals surface area contributed by atoms with Crippen LogP contribution in [0.5, 0.6) is 0 Å². The number of carbonyl (C=O) groups is 1. The van der Waals surface area contributed by atoms with Crippen LogP contribution >= 0.6 is 0 Å². The topological polar surface area (TPSA) is 81.2 Å². The number of aliphatic hydroxyl groups is 1. The third-order valence-electron chi connectivity index (χ3n) is 7.70. The largest absolute Gasteiger partial charge is 0.384 e. The van der Waals surface area contributed by atoms with E-state index >= 15 is 4.39 Å². The number of aryl methyl sites for hydroxylation is 1. The number of aromatic amines is 1. The molecule has 6 nitrogen and oxygen atoms in total. The van der Waals surface area contributed by atoms with E-state index in [0.29, 0.717) is 22.3 Å². The number of H-pyrrole nitrogens is 1. The van der Waals surface area contributed by atoms with Crippen molar-refractivity contribution in [3.05, 3.63) is 53.4 Å². The summed E-state index contributed by atoms with van der Waals surface area (Å²) in [5, 5.41) is 15.1. The highest BCUT2D eigenvalue weighted by atomic mass is 19.1. The molecule has 3 aromatic rings. The minimum absolute atomic E-state index is 0.140. The van der Waals surface area contributed by atoms with Crippen molar-refractivity contribution in [1.82, 2.24) is 20.2 Å². The van der Waals surface area contributed by atoms with Gasteiger partial charge in [-0.15, -0.1) is 0 Å². The molecule has 2 fully saturated rings. The average molecular weight is 487 g/mol. The molecule has 0 radical (unpaired) electrons. The Hall–Kier alpha value is -2.91. The van der Waals surface area contributed by atoms with Gasteiger partial charge < -0.3 is 20.3 Å². The zero-order valence-corrected chi connectivity index (χ0v) is 19.9. The van der Waals surface area contributed by atoms with Crippen molar-refractivity contribution in [3.63, 3.8) is 0 Å². The third-order valence-corrected chi connectivity index (χ3v) is 7.70. The first-order valence-electron chi connectivity index (χ1n) is 11.9. The van der Waals surface area contributed by atoms with Gasteiger partial charge >= 0.3 is 0 Å². The lowest BCUT2D eigenvalue weighted by molar-refractivity contribution is -0.151. The number of hydrogen-bond donors (Lipinski definition) is 3. The van der Waals surface area contributed by atoms with Crippen LogP contribution < -0.4 is 5.32 Å². The number of nitrogens with zero attached hydrogens (tertiary/aromatic N) is 2. The molecule has 9 heteroatoms. The Morgan fingerprint density at radius 1 is 1.20 bits per heavy atom. The predicted molar refractivity (Wildman–Crippen MR) is 126 cm³/mol. The van der Waals surface area contributed by atoms with E-state index in [1.54, 1.807) is 37.8 Å². The molecule has 35 heavy (non-hydrogen) atoms. The Labute approximate surface area is 201 Å². The number of likely N-dealkylation sites (tertiary alicyclic amines) is 1. The van der Waals surface area contributed by atoms with Crippen molar-refractivity contribution in [1.29, 1.82) is 0 Å². The molecular formula is C26H29F3N4O2. The van der Waals surface area contributed by atoms with Gasteiger partial charge in [-0.1, -0.05) is 19.9 Å². The Morgan fingerprint density at radius 3 is 2.54 bits per heavy atom. The van der Waals surface area contributed by atoms with Crippen molar-refractivity contribution < 1.29 is 23.1 Å². The number of piperidine rings is 1. The molecule has 186 valence electrons. The number of rotatable bonds is 3. The maximum atomic E-state index is 15.7. The van der Waals surface area contributed by atoms with E-state index in [1.807, 2.05) is 0 Å². The number of aromatic nitrogens is 2. The lowest BCUT2D eigenvalue weighted by Gasteiger charge is -2.49. The summed E-state index contributed by atoms with van der Waals surface area (Å²) in [6.45, 7) is 5.94. The smallest absolute Gasteiger partial charge is 0.239 e. The van der Waals surface area contributed by atoms with Crippen LogP contribution in [0.15, 0.2) is 30.6 Å². The highest BCUT2D eigenvalue weighted by Crippen LogP contribution is 2.45. The van der Waals surface area contributed by atoms with Gasteiger partial charge in [0.05, 0.1) is 11.4 Å². The fraction of sp³-hybridized carbons (Fsp3) is 0.462. The second-order valence-corrected chi connectivity index (χ2v) is 10.0. The summed E-state index contributed by atoms with van der Waals surface area (Å²) in [5.41, 5.74) is 0.582. The fourth-order valence-electron chi connectivity index (χ4n) is 5.94. The summed E-state index contributed by atoms with van der Waals surface area (Å²) in [6.07, 6.45) is 1.84. The van der Waals surface area contributed by atoms with E-state index < -0.39 is 41.3 Å². The standard InChI is InChI=1S/C26H29F3N4O2/c1-13-6-16(18-4-5-30-24-22(18)20(29)10-32-24)7-19(28)23(13)26(35)14(2)11-33(12-15(26)3)25(34)21-8-17(27)9-31-21/h4-7,10,14-15,17,21,31,35H,8-9,11-12H2,1-3H3,(H,30,32)/t14-,15+,17-,21-,26-/m0/s1. The quantitative estimate of drug-likeness (QED) is 0.526. The van der Waals surface area contributed by atoms with Crippen LogP contribution in [-0.2, 0) is 10.4 Å². The number of alkyl halides is 1. The van der Waals surface area contributed by atoms with E-state index in [4.69, 9.17) is 0 Å². The minimum Gasteiger partial charge on any atom is -0.384 e. The zero-order chi connectivity index (χ0) is 25.1. The van der Waals surface area contributed by atoms with Crippen molar-refractivity contribution in [2.75, 3.05) is 19.6 Å². The van der Waals surface area contributed by atoms with Gasteiger partial charge in [0.2, 0.25) is 5.91 Å². The van der Waals surface area contributed by atoms with Gasteiger partial charge in [-0.25, -0.2) is 18.2 Å². The summed E-state index contributed by atoms with van der Waals surface area (Å²) in [5.74, 6) is -2.18.